The molecule has 1 saturated carbocycles. The Morgan fingerprint density at radius 3 is 2.89 bits per heavy atom. The van der Waals surface area contributed by atoms with Gasteiger partial charge in [0, 0.05) is 28.1 Å². The van der Waals surface area contributed by atoms with Gasteiger partial charge in [0.2, 0.25) is 0 Å². The van der Waals surface area contributed by atoms with Gasteiger partial charge in [-0.2, -0.15) is 0 Å². The first kappa shape index (κ1) is 19.8. The van der Waals surface area contributed by atoms with Gasteiger partial charge in [0.05, 0.1) is 13.2 Å². The molecule has 3 aliphatic rings. The van der Waals surface area contributed by atoms with Gasteiger partial charge in [0.25, 0.3) is 0 Å². The molecule has 28 heavy (non-hydrogen) atoms. The van der Waals surface area contributed by atoms with E-state index in [1.807, 2.05) is 19.1 Å². The van der Waals surface area contributed by atoms with E-state index in [2.05, 4.69) is 16.3 Å². The van der Waals surface area contributed by atoms with E-state index in [-0.39, 0.29) is 17.6 Å². The minimum atomic E-state index is -0.276. The molecule has 154 valence electrons. The lowest BCUT2D eigenvalue weighted by molar-refractivity contribution is 0.0882. The maximum atomic E-state index is 11.8. The standard InChI is InChI=1S/C22H31ClN2O3/c1-2-27-21(26)24-17-5-3-4-6-18(14-17)25-11-9-22(10-12-25)15-28-20-8-7-16(23)13-19(20)22/h7-8,13,17-18H,2-6,9-12,14-15H2,1H3,(H,24,26). The first-order valence-corrected chi connectivity index (χ1v) is 11.1. The van der Waals surface area contributed by atoms with Crippen molar-refractivity contribution in [2.75, 3.05) is 26.3 Å². The Balaban J connectivity index is 1.38. The molecule has 4 rings (SSSR count). The zero-order valence-corrected chi connectivity index (χ0v) is 17.5. The van der Waals surface area contributed by atoms with Gasteiger partial charge in [0.1, 0.15) is 5.75 Å². The number of benzene rings is 1. The number of fused-ring (bicyclic) bond motifs is 2. The molecular weight excluding hydrogens is 376 g/mol. The van der Waals surface area contributed by atoms with Crippen molar-refractivity contribution >= 4 is 17.7 Å². The second-order valence-electron chi connectivity index (χ2n) is 8.48. The quantitative estimate of drug-likeness (QED) is 0.750. The fourth-order valence-corrected chi connectivity index (χ4v) is 5.38. The van der Waals surface area contributed by atoms with Crippen LogP contribution in [-0.4, -0.2) is 49.4 Å². The predicted octanol–water partition coefficient (Wildman–Crippen LogP) is 4.51. The highest BCUT2D eigenvalue weighted by Crippen LogP contribution is 2.46. The lowest BCUT2D eigenvalue weighted by atomic mass is 9.74. The molecule has 5 nitrogen and oxygen atoms in total. The Morgan fingerprint density at radius 2 is 2.11 bits per heavy atom. The summed E-state index contributed by atoms with van der Waals surface area (Å²) < 4.78 is 11.1. The average Bonchev–Trinajstić information content (AvgIpc) is 2.87. The van der Waals surface area contributed by atoms with Crippen molar-refractivity contribution in [2.45, 2.75) is 69.4 Å². The lowest BCUT2D eigenvalue weighted by Crippen LogP contribution is -2.49. The third-order valence-corrected chi connectivity index (χ3v) is 7.02. The molecule has 2 heterocycles. The number of alkyl carbamates (subject to hydrolysis) is 1. The number of likely N-dealkylation sites (tertiary alicyclic amines) is 1. The Morgan fingerprint density at radius 1 is 1.32 bits per heavy atom. The van der Waals surface area contributed by atoms with Crippen LogP contribution in [0.2, 0.25) is 5.02 Å². The normalized spacial score (nSPS) is 26.9. The lowest BCUT2D eigenvalue weighted by Gasteiger charge is -2.42. The second kappa shape index (κ2) is 8.50. The van der Waals surface area contributed by atoms with Crippen LogP contribution < -0.4 is 10.1 Å². The largest absolute Gasteiger partial charge is 0.492 e. The second-order valence-corrected chi connectivity index (χ2v) is 8.92. The van der Waals surface area contributed by atoms with E-state index in [1.165, 1.54) is 24.8 Å². The Hall–Kier alpha value is -1.46. The molecule has 1 saturated heterocycles. The van der Waals surface area contributed by atoms with Gasteiger partial charge in [-0.25, -0.2) is 4.79 Å². The number of carbonyl (C=O) groups is 1. The van der Waals surface area contributed by atoms with Crippen LogP contribution in [0.1, 0.15) is 57.4 Å². The van der Waals surface area contributed by atoms with Crippen LogP contribution in [0.15, 0.2) is 18.2 Å². The summed E-state index contributed by atoms with van der Waals surface area (Å²) in [5.41, 5.74) is 1.41. The van der Waals surface area contributed by atoms with Crippen molar-refractivity contribution in [3.63, 3.8) is 0 Å². The van der Waals surface area contributed by atoms with Gasteiger partial charge in [-0.15, -0.1) is 0 Å². The Kier molecular flexibility index (Phi) is 6.02. The fourth-order valence-electron chi connectivity index (χ4n) is 5.20. The maximum absolute atomic E-state index is 11.8. The zero-order valence-electron chi connectivity index (χ0n) is 16.7. The third kappa shape index (κ3) is 4.11. The first-order chi connectivity index (χ1) is 13.6. The topological polar surface area (TPSA) is 50.8 Å². The first-order valence-electron chi connectivity index (χ1n) is 10.7. The zero-order chi connectivity index (χ0) is 19.6. The van der Waals surface area contributed by atoms with Gasteiger partial charge in [0.15, 0.2) is 0 Å². The van der Waals surface area contributed by atoms with E-state index in [1.54, 1.807) is 0 Å². The molecule has 1 aliphatic carbocycles. The molecular formula is C22H31ClN2O3. The summed E-state index contributed by atoms with van der Waals surface area (Å²) in [4.78, 5) is 14.5. The van der Waals surface area contributed by atoms with Gasteiger partial charge in [-0.1, -0.05) is 24.4 Å². The molecule has 0 radical (unpaired) electrons. The van der Waals surface area contributed by atoms with E-state index in [4.69, 9.17) is 21.1 Å². The van der Waals surface area contributed by atoms with Crippen molar-refractivity contribution in [3.05, 3.63) is 28.8 Å². The third-order valence-electron chi connectivity index (χ3n) is 6.78. The molecule has 1 aromatic carbocycles. The van der Waals surface area contributed by atoms with E-state index in [9.17, 15) is 4.79 Å². The van der Waals surface area contributed by atoms with Crippen molar-refractivity contribution in [2.24, 2.45) is 0 Å². The van der Waals surface area contributed by atoms with Crippen LogP contribution in [0.25, 0.3) is 0 Å². The number of nitrogens with zero attached hydrogens (tertiary/aromatic N) is 1. The molecule has 2 fully saturated rings. The van der Waals surface area contributed by atoms with Crippen LogP contribution in [-0.2, 0) is 10.2 Å². The Labute approximate surface area is 172 Å². The summed E-state index contributed by atoms with van der Waals surface area (Å²) in [7, 11) is 0. The minimum Gasteiger partial charge on any atom is -0.492 e. The molecule has 0 aromatic heterocycles. The van der Waals surface area contributed by atoms with Crippen LogP contribution in [0.4, 0.5) is 4.79 Å². The van der Waals surface area contributed by atoms with Crippen molar-refractivity contribution < 1.29 is 14.3 Å². The van der Waals surface area contributed by atoms with Gasteiger partial charge < -0.3 is 19.7 Å². The summed E-state index contributed by atoms with van der Waals surface area (Å²) in [6.45, 7) is 5.19. The van der Waals surface area contributed by atoms with E-state index in [0.29, 0.717) is 12.6 Å². The smallest absolute Gasteiger partial charge is 0.407 e. The predicted molar refractivity (Wildman–Crippen MR) is 110 cm³/mol. The van der Waals surface area contributed by atoms with Crippen LogP contribution in [0.3, 0.4) is 0 Å². The monoisotopic (exact) mass is 406 g/mol. The van der Waals surface area contributed by atoms with Crippen LogP contribution in [0, 0.1) is 0 Å². The van der Waals surface area contributed by atoms with Crippen LogP contribution in [0.5, 0.6) is 5.75 Å². The number of nitrogens with one attached hydrogen (secondary N) is 1. The number of ether oxygens (including phenoxy) is 2. The van der Waals surface area contributed by atoms with Gasteiger partial charge in [-0.3, -0.25) is 0 Å². The van der Waals surface area contributed by atoms with Crippen molar-refractivity contribution in [1.82, 2.24) is 10.2 Å². The summed E-state index contributed by atoms with van der Waals surface area (Å²) in [6, 6.07) is 6.78. The molecule has 1 amide bonds. The maximum Gasteiger partial charge on any atom is 0.407 e. The van der Waals surface area contributed by atoms with E-state index < -0.39 is 0 Å². The summed E-state index contributed by atoms with van der Waals surface area (Å²) in [5, 5.41) is 3.87. The number of hydrogen-bond acceptors (Lipinski definition) is 4. The Bertz CT molecular complexity index is 703. The number of piperidine rings is 1. The average molecular weight is 407 g/mol. The molecule has 1 N–H and O–H groups in total. The number of carbonyl (C=O) groups excluding carboxylic acids is 1. The molecule has 2 aliphatic heterocycles. The van der Waals surface area contributed by atoms with Gasteiger partial charge in [-0.05, 0) is 70.3 Å². The highest BCUT2D eigenvalue weighted by Gasteiger charge is 2.44. The number of amides is 1. The fraction of sp³-hybridized carbons (Fsp3) is 0.682. The highest BCUT2D eigenvalue weighted by molar-refractivity contribution is 6.30. The molecule has 0 bridgehead atoms. The molecule has 1 spiro atoms. The number of hydrogen-bond donors (Lipinski definition) is 1. The van der Waals surface area contributed by atoms with Crippen molar-refractivity contribution in [3.8, 4) is 5.75 Å². The number of rotatable bonds is 3. The van der Waals surface area contributed by atoms with Crippen LogP contribution >= 0.6 is 11.6 Å². The highest BCUT2D eigenvalue weighted by atomic mass is 35.5. The SMILES string of the molecule is CCOC(=O)NC1CCCCC(N2CCC3(CC2)COc2ccc(Cl)cc23)C1. The summed E-state index contributed by atoms with van der Waals surface area (Å²) >= 11 is 6.26. The van der Waals surface area contributed by atoms with E-state index in [0.717, 1.165) is 56.2 Å². The molecule has 6 heteroatoms. The van der Waals surface area contributed by atoms with E-state index >= 15 is 0 Å². The van der Waals surface area contributed by atoms with Gasteiger partial charge >= 0.3 is 6.09 Å². The summed E-state index contributed by atoms with van der Waals surface area (Å²) in [5.74, 6) is 1.01. The summed E-state index contributed by atoms with van der Waals surface area (Å²) in [6.07, 6.45) is 7.62. The molecule has 2 unspecified atom stereocenters. The molecule has 2 atom stereocenters. The van der Waals surface area contributed by atoms with Crippen molar-refractivity contribution in [1.29, 1.82) is 0 Å². The molecule has 1 aromatic rings. The number of halogens is 1. The minimum absolute atomic E-state index is 0.115.